The van der Waals surface area contributed by atoms with E-state index in [0.29, 0.717) is 29.3 Å². The molecule has 1 unspecified atom stereocenters. The van der Waals surface area contributed by atoms with Crippen LogP contribution in [0.1, 0.15) is 28.8 Å². The van der Waals surface area contributed by atoms with Crippen molar-refractivity contribution in [2.75, 3.05) is 31.0 Å². The van der Waals surface area contributed by atoms with Gasteiger partial charge < -0.3 is 25.0 Å². The van der Waals surface area contributed by atoms with Gasteiger partial charge >= 0.3 is 0 Å². The summed E-state index contributed by atoms with van der Waals surface area (Å²) in [5, 5.41) is 5.84. The van der Waals surface area contributed by atoms with Crippen molar-refractivity contribution in [3.63, 3.8) is 0 Å². The summed E-state index contributed by atoms with van der Waals surface area (Å²) in [5.74, 6) is 1.07. The van der Waals surface area contributed by atoms with Crippen LogP contribution in [0.5, 0.6) is 11.5 Å². The van der Waals surface area contributed by atoms with Crippen molar-refractivity contribution in [2.24, 2.45) is 0 Å². The fraction of sp³-hybridized carbons (Fsp3) is 0.333. The summed E-state index contributed by atoms with van der Waals surface area (Å²) in [7, 11) is 3.16. The van der Waals surface area contributed by atoms with E-state index in [1.165, 1.54) is 0 Å². The highest BCUT2D eigenvalue weighted by atomic mass is 16.5. The number of hydrogen-bond donors (Lipinski definition) is 2. The molecular weight excluding hydrogens is 358 g/mol. The molecule has 0 bridgehead atoms. The lowest BCUT2D eigenvalue weighted by molar-refractivity contribution is -0.117. The number of nitrogens with one attached hydrogen (secondary N) is 2. The number of rotatable bonds is 5. The Hall–Kier alpha value is -3.22. The summed E-state index contributed by atoms with van der Waals surface area (Å²) in [6.07, 6.45) is 1.88. The average Bonchev–Trinajstić information content (AvgIpc) is 3.22. The maximum absolute atomic E-state index is 12.6. The van der Waals surface area contributed by atoms with Crippen LogP contribution in [0.2, 0.25) is 0 Å². The van der Waals surface area contributed by atoms with E-state index in [1.54, 1.807) is 32.4 Å². The molecule has 2 aromatic carbocycles. The molecule has 0 aliphatic carbocycles. The summed E-state index contributed by atoms with van der Waals surface area (Å²) in [6.45, 7) is 1.23. The Labute approximate surface area is 163 Å². The minimum atomic E-state index is -0.199. The maximum Gasteiger partial charge on any atom is 0.251 e. The van der Waals surface area contributed by atoms with Gasteiger partial charge in [0.1, 0.15) is 6.04 Å². The van der Waals surface area contributed by atoms with Gasteiger partial charge in [-0.2, -0.15) is 0 Å². The Bertz CT molecular complexity index is 928. The highest BCUT2D eigenvalue weighted by Gasteiger charge is 2.36. The second-order valence-electron chi connectivity index (χ2n) is 6.94. The molecule has 4 rings (SSSR count). The minimum absolute atomic E-state index is 0.00730. The molecule has 7 nitrogen and oxygen atoms in total. The number of methoxy groups -OCH3 is 2. The van der Waals surface area contributed by atoms with E-state index in [1.807, 2.05) is 18.2 Å². The molecule has 7 heteroatoms. The molecule has 0 aromatic heterocycles. The summed E-state index contributed by atoms with van der Waals surface area (Å²) in [6, 6.07) is 10.9. The number of anilines is 2. The van der Waals surface area contributed by atoms with E-state index in [9.17, 15) is 9.59 Å². The first-order chi connectivity index (χ1) is 13.6. The molecule has 2 aliphatic rings. The highest BCUT2D eigenvalue weighted by molar-refractivity contribution is 6.06. The third-order valence-electron chi connectivity index (χ3n) is 5.28. The number of carbonyl (C=O) groups is 2. The van der Waals surface area contributed by atoms with Crippen LogP contribution in [0.25, 0.3) is 0 Å². The monoisotopic (exact) mass is 381 g/mol. The zero-order valence-corrected chi connectivity index (χ0v) is 16.0. The van der Waals surface area contributed by atoms with Crippen LogP contribution >= 0.6 is 0 Å². The molecule has 1 saturated heterocycles. The molecule has 146 valence electrons. The van der Waals surface area contributed by atoms with Gasteiger partial charge in [-0.15, -0.1) is 0 Å². The van der Waals surface area contributed by atoms with Crippen LogP contribution in [0.3, 0.4) is 0 Å². The van der Waals surface area contributed by atoms with Gasteiger partial charge in [-0.25, -0.2) is 0 Å². The van der Waals surface area contributed by atoms with Crippen molar-refractivity contribution in [1.82, 2.24) is 5.32 Å². The second-order valence-corrected chi connectivity index (χ2v) is 6.94. The van der Waals surface area contributed by atoms with Crippen LogP contribution in [0.15, 0.2) is 36.4 Å². The molecule has 2 aromatic rings. The smallest absolute Gasteiger partial charge is 0.251 e. The van der Waals surface area contributed by atoms with E-state index in [2.05, 4.69) is 15.5 Å². The lowest BCUT2D eigenvalue weighted by Crippen LogP contribution is -2.44. The Morgan fingerprint density at radius 2 is 2.00 bits per heavy atom. The Balaban J connectivity index is 1.47. The molecule has 2 N–H and O–H groups in total. The average molecular weight is 381 g/mol. The molecular formula is C21H23N3O4. The largest absolute Gasteiger partial charge is 0.493 e. The number of hydrogen-bond acceptors (Lipinski definition) is 5. The third kappa shape index (κ3) is 3.24. The van der Waals surface area contributed by atoms with Gasteiger partial charge in [0.15, 0.2) is 11.5 Å². The normalized spacial score (nSPS) is 17.4. The first-order valence-electron chi connectivity index (χ1n) is 9.31. The van der Waals surface area contributed by atoms with Crippen molar-refractivity contribution in [3.8, 4) is 11.5 Å². The third-order valence-corrected chi connectivity index (χ3v) is 5.28. The highest BCUT2D eigenvalue weighted by Crippen LogP contribution is 2.37. The van der Waals surface area contributed by atoms with Crippen molar-refractivity contribution in [1.29, 1.82) is 0 Å². The van der Waals surface area contributed by atoms with Crippen LogP contribution < -0.4 is 25.0 Å². The molecule has 0 saturated carbocycles. The van der Waals surface area contributed by atoms with Gasteiger partial charge in [-0.3, -0.25) is 9.59 Å². The van der Waals surface area contributed by atoms with Crippen molar-refractivity contribution in [2.45, 2.75) is 25.4 Å². The van der Waals surface area contributed by atoms with Gasteiger partial charge in [0.2, 0.25) is 5.91 Å². The van der Waals surface area contributed by atoms with Crippen molar-refractivity contribution >= 4 is 23.2 Å². The van der Waals surface area contributed by atoms with Gasteiger partial charge in [-0.1, -0.05) is 6.07 Å². The summed E-state index contributed by atoms with van der Waals surface area (Å²) >= 11 is 0. The zero-order valence-electron chi connectivity index (χ0n) is 16.0. The van der Waals surface area contributed by atoms with E-state index in [4.69, 9.17) is 9.47 Å². The molecule has 2 amide bonds. The van der Waals surface area contributed by atoms with Crippen LogP contribution in [0, 0.1) is 0 Å². The SMILES string of the molecule is COc1ccc(CNC(=O)c2ccc3c(c2)NC(=O)C2CCCN32)cc1OC. The van der Waals surface area contributed by atoms with E-state index >= 15 is 0 Å². The molecule has 2 aliphatic heterocycles. The first-order valence-corrected chi connectivity index (χ1v) is 9.31. The predicted molar refractivity (Wildman–Crippen MR) is 106 cm³/mol. The van der Waals surface area contributed by atoms with Crippen LogP contribution in [-0.4, -0.2) is 38.6 Å². The van der Waals surface area contributed by atoms with Gasteiger partial charge in [0.25, 0.3) is 5.91 Å². The van der Waals surface area contributed by atoms with Crippen molar-refractivity contribution < 1.29 is 19.1 Å². The molecule has 0 spiro atoms. The number of nitrogens with zero attached hydrogens (tertiary/aromatic N) is 1. The maximum atomic E-state index is 12.6. The first kappa shape index (κ1) is 18.2. The molecule has 2 heterocycles. The second kappa shape index (κ2) is 7.42. The van der Waals surface area contributed by atoms with E-state index in [0.717, 1.165) is 30.6 Å². The number of ether oxygens (including phenoxy) is 2. The number of fused-ring (bicyclic) bond motifs is 3. The van der Waals surface area contributed by atoms with E-state index < -0.39 is 0 Å². The standard InChI is InChI=1S/C21H23N3O4/c1-27-18-8-5-13(10-19(18)28-2)12-22-20(25)14-6-7-16-15(11-14)23-21(26)17-4-3-9-24(16)17/h5-8,10-11,17H,3-4,9,12H2,1-2H3,(H,22,25)(H,23,26). The topological polar surface area (TPSA) is 79.9 Å². The molecule has 1 fully saturated rings. The zero-order chi connectivity index (χ0) is 19.7. The summed E-state index contributed by atoms with van der Waals surface area (Å²) in [5.41, 5.74) is 3.09. The van der Waals surface area contributed by atoms with Gasteiger partial charge in [-0.05, 0) is 48.7 Å². The Morgan fingerprint density at radius 1 is 1.18 bits per heavy atom. The summed E-state index contributed by atoms with van der Waals surface area (Å²) in [4.78, 5) is 27.0. The number of benzene rings is 2. The molecule has 1 atom stereocenters. The predicted octanol–water partition coefficient (Wildman–Crippen LogP) is 2.55. The molecule has 0 radical (unpaired) electrons. The molecule has 28 heavy (non-hydrogen) atoms. The number of amides is 2. The van der Waals surface area contributed by atoms with Gasteiger partial charge in [0.05, 0.1) is 25.6 Å². The Kier molecular flexibility index (Phi) is 4.81. The Morgan fingerprint density at radius 3 is 2.79 bits per heavy atom. The van der Waals surface area contributed by atoms with Crippen molar-refractivity contribution in [3.05, 3.63) is 47.5 Å². The minimum Gasteiger partial charge on any atom is -0.493 e. The quantitative estimate of drug-likeness (QED) is 0.832. The van der Waals surface area contributed by atoms with Gasteiger partial charge in [0, 0.05) is 18.7 Å². The fourth-order valence-electron chi connectivity index (χ4n) is 3.85. The van der Waals surface area contributed by atoms with E-state index in [-0.39, 0.29) is 17.9 Å². The van der Waals surface area contributed by atoms with Crippen LogP contribution in [-0.2, 0) is 11.3 Å². The fourth-order valence-corrected chi connectivity index (χ4v) is 3.85. The lowest BCUT2D eigenvalue weighted by atomic mass is 10.1. The number of carbonyl (C=O) groups excluding carboxylic acids is 2. The van der Waals surface area contributed by atoms with Crippen LogP contribution in [0.4, 0.5) is 11.4 Å². The summed E-state index contributed by atoms with van der Waals surface area (Å²) < 4.78 is 10.5. The lowest BCUT2D eigenvalue weighted by Gasteiger charge is -2.33.